The molecule has 1 rings (SSSR count). The van der Waals surface area contributed by atoms with E-state index in [1.165, 1.54) is 5.56 Å². The Morgan fingerprint density at radius 3 is 2.60 bits per heavy atom. The van der Waals surface area contributed by atoms with E-state index in [-0.39, 0.29) is 12.5 Å². The lowest BCUT2D eigenvalue weighted by Gasteiger charge is -2.13. The molecule has 3 nitrogen and oxygen atoms in total. The topological polar surface area (TPSA) is 46.5 Å². The first kappa shape index (κ1) is 11.7. The second-order valence-corrected chi connectivity index (χ2v) is 3.48. The summed E-state index contributed by atoms with van der Waals surface area (Å²) in [5.41, 5.74) is 1.18. The van der Waals surface area contributed by atoms with Crippen molar-refractivity contribution >= 4 is 5.97 Å². The van der Waals surface area contributed by atoms with E-state index in [4.69, 9.17) is 9.84 Å². The van der Waals surface area contributed by atoms with Gasteiger partial charge in [-0.05, 0) is 18.4 Å². The van der Waals surface area contributed by atoms with Crippen LogP contribution in [0.2, 0.25) is 0 Å². The van der Waals surface area contributed by atoms with Crippen LogP contribution in [-0.4, -0.2) is 24.3 Å². The van der Waals surface area contributed by atoms with Crippen molar-refractivity contribution in [3.05, 3.63) is 35.9 Å². The number of carbonyl (C=O) groups is 1. The molecule has 0 spiro atoms. The van der Waals surface area contributed by atoms with Crippen LogP contribution in [-0.2, 0) is 16.0 Å². The normalized spacial score (nSPS) is 12.3. The van der Waals surface area contributed by atoms with Crippen molar-refractivity contribution in [1.82, 2.24) is 0 Å². The van der Waals surface area contributed by atoms with Gasteiger partial charge in [0.25, 0.3) is 0 Å². The van der Waals surface area contributed by atoms with Crippen LogP contribution < -0.4 is 0 Å². The summed E-state index contributed by atoms with van der Waals surface area (Å²) in [6.45, 7) is 0. The van der Waals surface area contributed by atoms with Crippen molar-refractivity contribution < 1.29 is 14.6 Å². The molecule has 82 valence electrons. The molecule has 15 heavy (non-hydrogen) atoms. The zero-order valence-corrected chi connectivity index (χ0v) is 8.85. The molecule has 0 aliphatic heterocycles. The molecule has 0 aliphatic carbocycles. The van der Waals surface area contributed by atoms with Gasteiger partial charge in [-0.3, -0.25) is 4.79 Å². The van der Waals surface area contributed by atoms with Gasteiger partial charge in [0.05, 0.1) is 6.10 Å². The van der Waals surface area contributed by atoms with Crippen LogP contribution in [0.5, 0.6) is 0 Å². The lowest BCUT2D eigenvalue weighted by molar-refractivity contribution is -0.137. The number of hydrogen-bond acceptors (Lipinski definition) is 2. The first-order valence-corrected chi connectivity index (χ1v) is 5.01. The first-order chi connectivity index (χ1) is 7.22. The van der Waals surface area contributed by atoms with E-state index in [0.29, 0.717) is 6.42 Å². The van der Waals surface area contributed by atoms with E-state index >= 15 is 0 Å². The molecule has 0 fully saturated rings. The number of carboxylic acid groups (broad SMARTS) is 1. The number of aliphatic carboxylic acids is 1. The van der Waals surface area contributed by atoms with Gasteiger partial charge < -0.3 is 9.84 Å². The summed E-state index contributed by atoms with van der Waals surface area (Å²) < 4.78 is 5.24. The molecule has 0 saturated carbocycles. The van der Waals surface area contributed by atoms with E-state index in [0.717, 1.165) is 6.42 Å². The minimum atomic E-state index is -0.773. The van der Waals surface area contributed by atoms with Crippen molar-refractivity contribution in [2.45, 2.75) is 25.4 Å². The number of hydrogen-bond donors (Lipinski definition) is 1. The molecule has 1 aromatic rings. The van der Waals surface area contributed by atoms with E-state index < -0.39 is 5.97 Å². The third-order valence-electron chi connectivity index (χ3n) is 2.32. The molecule has 0 saturated heterocycles. The maximum atomic E-state index is 10.4. The van der Waals surface area contributed by atoms with Gasteiger partial charge >= 0.3 is 5.97 Å². The van der Waals surface area contributed by atoms with Gasteiger partial charge in [-0.15, -0.1) is 0 Å². The average molecular weight is 208 g/mol. The Morgan fingerprint density at radius 1 is 1.40 bits per heavy atom. The highest BCUT2D eigenvalue weighted by Gasteiger charge is 2.10. The van der Waals surface area contributed by atoms with E-state index in [1.807, 2.05) is 30.3 Å². The quantitative estimate of drug-likeness (QED) is 0.778. The summed E-state index contributed by atoms with van der Waals surface area (Å²) in [6, 6.07) is 9.95. The second kappa shape index (κ2) is 6.19. The highest BCUT2D eigenvalue weighted by Crippen LogP contribution is 2.10. The SMILES string of the molecule is COC(CCC(=O)O)Cc1ccccc1. The van der Waals surface area contributed by atoms with Gasteiger partial charge in [0.2, 0.25) is 0 Å². The number of methoxy groups -OCH3 is 1. The summed E-state index contributed by atoms with van der Waals surface area (Å²) in [5.74, 6) is -0.773. The van der Waals surface area contributed by atoms with Gasteiger partial charge in [-0.25, -0.2) is 0 Å². The van der Waals surface area contributed by atoms with Crippen LogP contribution in [0.1, 0.15) is 18.4 Å². The van der Waals surface area contributed by atoms with Crippen LogP contribution in [0.25, 0.3) is 0 Å². The van der Waals surface area contributed by atoms with Crippen LogP contribution in [0.4, 0.5) is 0 Å². The number of benzene rings is 1. The minimum Gasteiger partial charge on any atom is -0.481 e. The zero-order chi connectivity index (χ0) is 11.1. The molecule has 1 N–H and O–H groups in total. The third kappa shape index (κ3) is 4.61. The molecular weight excluding hydrogens is 192 g/mol. The maximum absolute atomic E-state index is 10.4. The van der Waals surface area contributed by atoms with Crippen molar-refractivity contribution in [3.63, 3.8) is 0 Å². The molecule has 0 amide bonds. The van der Waals surface area contributed by atoms with Gasteiger partial charge in [0.15, 0.2) is 0 Å². The second-order valence-electron chi connectivity index (χ2n) is 3.48. The van der Waals surface area contributed by atoms with Gasteiger partial charge in [-0.1, -0.05) is 30.3 Å². The third-order valence-corrected chi connectivity index (χ3v) is 2.32. The monoisotopic (exact) mass is 208 g/mol. The van der Waals surface area contributed by atoms with Gasteiger partial charge in [-0.2, -0.15) is 0 Å². The Morgan fingerprint density at radius 2 is 2.07 bits per heavy atom. The predicted octanol–water partition coefficient (Wildman–Crippen LogP) is 2.11. The van der Waals surface area contributed by atoms with Crippen LogP contribution >= 0.6 is 0 Å². The summed E-state index contributed by atoms with van der Waals surface area (Å²) in [6.07, 6.45) is 1.47. The Balaban J connectivity index is 2.43. The summed E-state index contributed by atoms with van der Waals surface area (Å²) >= 11 is 0. The Labute approximate surface area is 89.7 Å². The largest absolute Gasteiger partial charge is 0.481 e. The molecule has 0 bridgehead atoms. The van der Waals surface area contributed by atoms with Gasteiger partial charge in [0.1, 0.15) is 0 Å². The van der Waals surface area contributed by atoms with Crippen molar-refractivity contribution in [2.24, 2.45) is 0 Å². The smallest absolute Gasteiger partial charge is 0.303 e. The van der Waals surface area contributed by atoms with Gasteiger partial charge in [0, 0.05) is 13.5 Å². The Hall–Kier alpha value is -1.35. The fourth-order valence-corrected chi connectivity index (χ4v) is 1.46. The molecule has 0 aliphatic rings. The van der Waals surface area contributed by atoms with Crippen molar-refractivity contribution in [3.8, 4) is 0 Å². The molecule has 0 aromatic heterocycles. The van der Waals surface area contributed by atoms with Crippen molar-refractivity contribution in [2.75, 3.05) is 7.11 Å². The summed E-state index contributed by atoms with van der Waals surface area (Å²) in [5, 5.41) is 8.57. The van der Waals surface area contributed by atoms with Crippen LogP contribution in [0.3, 0.4) is 0 Å². The molecule has 3 heteroatoms. The zero-order valence-electron chi connectivity index (χ0n) is 8.85. The first-order valence-electron chi connectivity index (χ1n) is 5.01. The van der Waals surface area contributed by atoms with E-state index in [2.05, 4.69) is 0 Å². The molecule has 1 aromatic carbocycles. The standard InChI is InChI=1S/C12H16O3/c1-15-11(7-8-12(13)14)9-10-5-3-2-4-6-10/h2-6,11H,7-9H2,1H3,(H,13,14). The highest BCUT2D eigenvalue weighted by molar-refractivity contribution is 5.66. The molecule has 1 atom stereocenters. The molecule has 0 radical (unpaired) electrons. The van der Waals surface area contributed by atoms with E-state index in [9.17, 15) is 4.79 Å². The van der Waals surface area contributed by atoms with Crippen LogP contribution in [0, 0.1) is 0 Å². The number of ether oxygens (including phenoxy) is 1. The average Bonchev–Trinajstić information content (AvgIpc) is 2.25. The van der Waals surface area contributed by atoms with E-state index in [1.54, 1.807) is 7.11 Å². The summed E-state index contributed by atoms with van der Waals surface area (Å²) in [7, 11) is 1.62. The number of rotatable bonds is 6. The molecule has 1 unspecified atom stereocenters. The predicted molar refractivity (Wildman–Crippen MR) is 57.8 cm³/mol. The number of carboxylic acids is 1. The highest BCUT2D eigenvalue weighted by atomic mass is 16.5. The Kier molecular flexibility index (Phi) is 4.84. The summed E-state index contributed by atoms with van der Waals surface area (Å²) in [4.78, 5) is 10.4. The Bertz CT molecular complexity index is 295. The molecule has 0 heterocycles. The lowest BCUT2D eigenvalue weighted by Crippen LogP contribution is -2.15. The lowest BCUT2D eigenvalue weighted by atomic mass is 10.0. The fourth-order valence-electron chi connectivity index (χ4n) is 1.46. The minimum absolute atomic E-state index is 0.0106. The fraction of sp³-hybridized carbons (Fsp3) is 0.417. The maximum Gasteiger partial charge on any atom is 0.303 e. The molecular formula is C12H16O3. The van der Waals surface area contributed by atoms with Crippen molar-refractivity contribution in [1.29, 1.82) is 0 Å². The van der Waals surface area contributed by atoms with Crippen LogP contribution in [0.15, 0.2) is 30.3 Å².